The summed E-state index contributed by atoms with van der Waals surface area (Å²) in [6.45, 7) is 1.66. The first-order chi connectivity index (χ1) is 9.78. The van der Waals surface area contributed by atoms with Gasteiger partial charge in [0.05, 0.1) is 20.8 Å². The van der Waals surface area contributed by atoms with Crippen LogP contribution in [0.5, 0.6) is 11.5 Å². The highest BCUT2D eigenvalue weighted by Gasteiger charge is 2.17. The highest BCUT2D eigenvalue weighted by Crippen LogP contribution is 2.33. The van der Waals surface area contributed by atoms with Crippen molar-refractivity contribution in [2.24, 2.45) is 0 Å². The number of hydrogen-bond acceptors (Lipinski definition) is 4. The summed E-state index contributed by atoms with van der Waals surface area (Å²) in [4.78, 5) is 0. The van der Waals surface area contributed by atoms with E-state index in [0.717, 1.165) is 30.0 Å². The van der Waals surface area contributed by atoms with Crippen LogP contribution in [0.25, 0.3) is 0 Å². The van der Waals surface area contributed by atoms with Crippen LogP contribution in [0.3, 0.4) is 0 Å². The van der Waals surface area contributed by atoms with Crippen LogP contribution in [0, 0.1) is 0 Å². The number of benzene rings is 1. The van der Waals surface area contributed by atoms with Crippen molar-refractivity contribution in [1.29, 1.82) is 0 Å². The van der Waals surface area contributed by atoms with Crippen molar-refractivity contribution < 1.29 is 14.2 Å². The largest absolute Gasteiger partial charge is 0.493 e. The van der Waals surface area contributed by atoms with Gasteiger partial charge in [0.1, 0.15) is 0 Å². The van der Waals surface area contributed by atoms with E-state index in [9.17, 15) is 0 Å². The lowest BCUT2D eigenvalue weighted by atomic mass is 9.96. The van der Waals surface area contributed by atoms with Crippen LogP contribution in [0.2, 0.25) is 0 Å². The maximum Gasteiger partial charge on any atom is 0.166 e. The van der Waals surface area contributed by atoms with Crippen molar-refractivity contribution in [1.82, 2.24) is 5.32 Å². The van der Waals surface area contributed by atoms with E-state index in [1.54, 1.807) is 21.3 Å². The Balaban J connectivity index is 2.21. The first kappa shape index (κ1) is 15.1. The van der Waals surface area contributed by atoms with Gasteiger partial charge in [-0.2, -0.15) is 0 Å². The summed E-state index contributed by atoms with van der Waals surface area (Å²) in [5.74, 6) is 1.56. The van der Waals surface area contributed by atoms with Gasteiger partial charge >= 0.3 is 0 Å². The second kappa shape index (κ2) is 7.50. The molecule has 4 nitrogen and oxygen atoms in total. The van der Waals surface area contributed by atoms with E-state index >= 15 is 0 Å². The summed E-state index contributed by atoms with van der Waals surface area (Å²) in [6, 6.07) is 4.81. The SMILES string of the molecule is COCc1cc(CC2CCCCN2)cc(OC)c1OC. The molecule has 1 saturated heterocycles. The minimum Gasteiger partial charge on any atom is -0.493 e. The molecule has 1 fully saturated rings. The van der Waals surface area contributed by atoms with Crippen LogP contribution in [-0.2, 0) is 17.8 Å². The van der Waals surface area contributed by atoms with E-state index in [1.807, 2.05) is 0 Å². The molecule has 1 N–H and O–H groups in total. The molecule has 112 valence electrons. The van der Waals surface area contributed by atoms with Gasteiger partial charge in [0.2, 0.25) is 0 Å². The Morgan fingerprint density at radius 3 is 2.60 bits per heavy atom. The second-order valence-corrected chi connectivity index (χ2v) is 5.27. The summed E-state index contributed by atoms with van der Waals surface area (Å²) in [6.07, 6.45) is 4.87. The molecule has 2 rings (SSSR count). The number of methoxy groups -OCH3 is 3. The zero-order chi connectivity index (χ0) is 14.4. The smallest absolute Gasteiger partial charge is 0.166 e. The van der Waals surface area contributed by atoms with Crippen LogP contribution < -0.4 is 14.8 Å². The average molecular weight is 279 g/mol. The van der Waals surface area contributed by atoms with Crippen LogP contribution in [0.15, 0.2) is 12.1 Å². The van der Waals surface area contributed by atoms with Crippen LogP contribution in [-0.4, -0.2) is 33.9 Å². The van der Waals surface area contributed by atoms with E-state index < -0.39 is 0 Å². The molecule has 0 aliphatic carbocycles. The average Bonchev–Trinajstić information content (AvgIpc) is 2.48. The number of ether oxygens (including phenoxy) is 3. The lowest BCUT2D eigenvalue weighted by molar-refractivity contribution is 0.180. The van der Waals surface area contributed by atoms with Gasteiger partial charge in [-0.25, -0.2) is 0 Å². The predicted molar refractivity (Wildman–Crippen MR) is 79.6 cm³/mol. The zero-order valence-electron chi connectivity index (χ0n) is 12.7. The summed E-state index contributed by atoms with van der Waals surface area (Å²) < 4.78 is 16.2. The fraction of sp³-hybridized carbons (Fsp3) is 0.625. The van der Waals surface area contributed by atoms with Gasteiger partial charge in [-0.05, 0) is 43.5 Å². The van der Waals surface area contributed by atoms with Crippen molar-refractivity contribution in [3.05, 3.63) is 23.3 Å². The van der Waals surface area contributed by atoms with Gasteiger partial charge < -0.3 is 19.5 Å². The lowest BCUT2D eigenvalue weighted by Gasteiger charge is -2.24. The summed E-state index contributed by atoms with van der Waals surface area (Å²) in [5, 5.41) is 3.58. The van der Waals surface area contributed by atoms with Gasteiger partial charge in [-0.1, -0.05) is 6.42 Å². The molecule has 0 amide bonds. The molecule has 1 aliphatic heterocycles. The Hall–Kier alpha value is -1.26. The molecule has 1 aromatic rings. The maximum absolute atomic E-state index is 5.45. The molecule has 0 spiro atoms. The fourth-order valence-electron chi connectivity index (χ4n) is 2.87. The third kappa shape index (κ3) is 3.64. The quantitative estimate of drug-likeness (QED) is 0.868. The van der Waals surface area contributed by atoms with Gasteiger partial charge in [0.25, 0.3) is 0 Å². The molecule has 1 heterocycles. The van der Waals surface area contributed by atoms with Gasteiger partial charge in [0.15, 0.2) is 11.5 Å². The van der Waals surface area contributed by atoms with Crippen molar-refractivity contribution in [2.75, 3.05) is 27.9 Å². The molecule has 0 aromatic heterocycles. The number of nitrogens with one attached hydrogen (secondary N) is 1. The van der Waals surface area contributed by atoms with Crippen LogP contribution in [0.1, 0.15) is 30.4 Å². The molecule has 20 heavy (non-hydrogen) atoms. The summed E-state index contributed by atoms with van der Waals surface area (Å²) in [7, 11) is 5.04. The standard InChI is InChI=1S/C16H25NO3/c1-18-11-13-8-12(9-14-6-4-5-7-17-14)10-15(19-2)16(13)20-3/h8,10,14,17H,4-7,9,11H2,1-3H3. The van der Waals surface area contributed by atoms with Gasteiger partial charge in [-0.15, -0.1) is 0 Å². The topological polar surface area (TPSA) is 39.7 Å². The summed E-state index contributed by atoms with van der Waals surface area (Å²) in [5.41, 5.74) is 2.31. The Kier molecular flexibility index (Phi) is 5.68. The van der Waals surface area contributed by atoms with Gasteiger partial charge in [0, 0.05) is 18.7 Å². The molecule has 0 radical (unpaired) electrons. The van der Waals surface area contributed by atoms with Gasteiger partial charge in [-0.3, -0.25) is 0 Å². The highest BCUT2D eigenvalue weighted by molar-refractivity contribution is 5.49. The molecule has 4 heteroatoms. The van der Waals surface area contributed by atoms with Crippen molar-refractivity contribution in [2.45, 2.75) is 38.3 Å². The Bertz CT molecular complexity index is 428. The number of hydrogen-bond donors (Lipinski definition) is 1. The molecule has 1 aromatic carbocycles. The minimum absolute atomic E-state index is 0.533. The Morgan fingerprint density at radius 2 is 2.00 bits per heavy atom. The predicted octanol–water partition coefficient (Wildman–Crippen LogP) is 2.53. The second-order valence-electron chi connectivity index (χ2n) is 5.27. The lowest BCUT2D eigenvalue weighted by Crippen LogP contribution is -2.35. The Morgan fingerprint density at radius 1 is 1.15 bits per heavy atom. The molecule has 0 bridgehead atoms. The van der Waals surface area contributed by atoms with Crippen LogP contribution in [0.4, 0.5) is 0 Å². The first-order valence-electron chi connectivity index (χ1n) is 7.24. The number of rotatable bonds is 6. The van der Waals surface area contributed by atoms with E-state index in [-0.39, 0.29) is 0 Å². The van der Waals surface area contributed by atoms with Crippen molar-refractivity contribution in [3.8, 4) is 11.5 Å². The van der Waals surface area contributed by atoms with Crippen molar-refractivity contribution >= 4 is 0 Å². The molecule has 1 unspecified atom stereocenters. The third-order valence-corrected chi connectivity index (χ3v) is 3.81. The molecular weight excluding hydrogens is 254 g/mol. The zero-order valence-corrected chi connectivity index (χ0v) is 12.7. The normalized spacial score (nSPS) is 18.9. The van der Waals surface area contributed by atoms with Crippen LogP contribution >= 0.6 is 0 Å². The molecule has 0 saturated carbocycles. The monoisotopic (exact) mass is 279 g/mol. The van der Waals surface area contributed by atoms with E-state index in [2.05, 4.69) is 17.4 Å². The van der Waals surface area contributed by atoms with E-state index in [0.29, 0.717) is 12.6 Å². The Labute approximate surface area is 121 Å². The van der Waals surface area contributed by atoms with Crippen molar-refractivity contribution in [3.63, 3.8) is 0 Å². The molecule has 1 aliphatic rings. The first-order valence-corrected chi connectivity index (χ1v) is 7.24. The van der Waals surface area contributed by atoms with E-state index in [1.165, 1.54) is 24.8 Å². The third-order valence-electron chi connectivity index (χ3n) is 3.81. The summed E-state index contributed by atoms with van der Waals surface area (Å²) >= 11 is 0. The minimum atomic E-state index is 0.533. The molecular formula is C16H25NO3. The fourth-order valence-corrected chi connectivity index (χ4v) is 2.87. The maximum atomic E-state index is 5.45. The van der Waals surface area contributed by atoms with E-state index in [4.69, 9.17) is 14.2 Å². The molecule has 1 atom stereocenters. The number of piperidine rings is 1. The highest BCUT2D eigenvalue weighted by atomic mass is 16.5.